The molecule has 7 heteroatoms. The molecule has 5 rings (SSSR count). The molecule has 1 N–H and O–H groups in total. The third-order valence-electron chi connectivity index (χ3n) is 6.15. The summed E-state index contributed by atoms with van der Waals surface area (Å²) in [6.45, 7) is 3.90. The molecule has 3 heterocycles. The number of fused-ring (bicyclic) bond motifs is 3. The summed E-state index contributed by atoms with van der Waals surface area (Å²) in [4.78, 5) is 4.64. The van der Waals surface area contributed by atoms with E-state index < -0.39 is 11.9 Å². The van der Waals surface area contributed by atoms with E-state index in [1.165, 1.54) is 12.1 Å². The highest BCUT2D eigenvalue weighted by Crippen LogP contribution is 2.40. The van der Waals surface area contributed by atoms with Gasteiger partial charge in [-0.05, 0) is 54.3 Å². The van der Waals surface area contributed by atoms with Crippen molar-refractivity contribution in [2.75, 3.05) is 0 Å². The van der Waals surface area contributed by atoms with Crippen molar-refractivity contribution >= 4 is 22.8 Å². The molecule has 0 saturated carbocycles. The number of hydrogen-bond acceptors (Lipinski definition) is 4. The summed E-state index contributed by atoms with van der Waals surface area (Å²) in [5.74, 6) is -0.0237. The summed E-state index contributed by atoms with van der Waals surface area (Å²) in [6.07, 6.45) is 1.51. The molecule has 1 aliphatic heterocycles. The van der Waals surface area contributed by atoms with E-state index in [1.807, 2.05) is 29.5 Å². The van der Waals surface area contributed by atoms with Gasteiger partial charge in [0.05, 0.1) is 17.5 Å². The van der Waals surface area contributed by atoms with E-state index in [0.717, 1.165) is 16.8 Å². The number of benzene rings is 2. The lowest BCUT2D eigenvalue weighted by molar-refractivity contribution is 0.212. The zero-order chi connectivity index (χ0) is 24.0. The van der Waals surface area contributed by atoms with Crippen molar-refractivity contribution in [1.29, 1.82) is 5.26 Å². The van der Waals surface area contributed by atoms with Crippen LogP contribution in [0.5, 0.6) is 5.75 Å². The average Bonchev–Trinajstić information content (AvgIpc) is 3.12. The quantitative estimate of drug-likeness (QED) is 0.370. The lowest BCUT2D eigenvalue weighted by Gasteiger charge is -2.16. The Hall–Kier alpha value is -3.66. The molecule has 5 nitrogen and oxygen atoms in total. The zero-order valence-corrected chi connectivity index (χ0v) is 19.4. The fourth-order valence-electron chi connectivity index (χ4n) is 4.52. The van der Waals surface area contributed by atoms with Crippen LogP contribution in [0.1, 0.15) is 53.6 Å². The maximum atomic E-state index is 13.9. The SMILES string of the molecule is CCc1nc2cc(Cl)ccn2c1C(O)c1ccc2c(c1)COc1cc(F)ccc1/C2=C(\C)C#N. The molecule has 0 spiro atoms. The molecule has 4 aromatic rings. The van der Waals surface area contributed by atoms with Gasteiger partial charge in [-0.25, -0.2) is 9.37 Å². The van der Waals surface area contributed by atoms with Gasteiger partial charge < -0.3 is 14.2 Å². The Balaban J connectivity index is 1.64. The molecule has 0 fully saturated rings. The Morgan fingerprint density at radius 2 is 2.03 bits per heavy atom. The molecule has 1 aliphatic rings. The Kier molecular flexibility index (Phi) is 5.60. The largest absolute Gasteiger partial charge is 0.488 e. The van der Waals surface area contributed by atoms with Crippen molar-refractivity contribution in [2.45, 2.75) is 33.0 Å². The second kappa shape index (κ2) is 8.60. The Labute approximate surface area is 201 Å². The van der Waals surface area contributed by atoms with E-state index in [-0.39, 0.29) is 6.61 Å². The first-order valence-electron chi connectivity index (χ1n) is 10.9. The average molecular weight is 474 g/mol. The van der Waals surface area contributed by atoms with Gasteiger partial charge in [0.1, 0.15) is 29.9 Å². The number of halogens is 2. The lowest BCUT2D eigenvalue weighted by Crippen LogP contribution is -2.08. The predicted molar refractivity (Wildman–Crippen MR) is 128 cm³/mol. The third-order valence-corrected chi connectivity index (χ3v) is 6.38. The molecule has 0 saturated heterocycles. The maximum Gasteiger partial charge on any atom is 0.138 e. The van der Waals surface area contributed by atoms with Gasteiger partial charge in [-0.1, -0.05) is 30.7 Å². The number of rotatable bonds is 3. The van der Waals surface area contributed by atoms with E-state index in [0.29, 0.717) is 50.8 Å². The first kappa shape index (κ1) is 22.1. The monoisotopic (exact) mass is 473 g/mol. The molecule has 0 bridgehead atoms. The highest BCUT2D eigenvalue weighted by Gasteiger charge is 2.25. The highest BCUT2D eigenvalue weighted by atomic mass is 35.5. The molecule has 0 aliphatic carbocycles. The smallest absolute Gasteiger partial charge is 0.138 e. The van der Waals surface area contributed by atoms with Crippen LogP contribution in [-0.2, 0) is 13.0 Å². The number of nitriles is 1. The number of aliphatic hydroxyl groups is 1. The summed E-state index contributed by atoms with van der Waals surface area (Å²) in [5, 5.41) is 21.6. The number of hydrogen-bond donors (Lipinski definition) is 1. The fourth-order valence-corrected chi connectivity index (χ4v) is 4.68. The van der Waals surface area contributed by atoms with Crippen molar-refractivity contribution < 1.29 is 14.2 Å². The fraction of sp³-hybridized carbons (Fsp3) is 0.185. The number of imidazole rings is 1. The van der Waals surface area contributed by atoms with E-state index in [2.05, 4.69) is 11.1 Å². The normalized spacial score (nSPS) is 15.1. The number of aliphatic hydroxyl groups excluding tert-OH is 1. The Bertz CT molecular complexity index is 1520. The van der Waals surface area contributed by atoms with Crippen LogP contribution in [0.25, 0.3) is 11.2 Å². The molecule has 1 unspecified atom stereocenters. The minimum Gasteiger partial charge on any atom is -0.488 e. The van der Waals surface area contributed by atoms with Gasteiger partial charge in [0.15, 0.2) is 0 Å². The molecule has 0 radical (unpaired) electrons. The number of aryl methyl sites for hydroxylation is 1. The van der Waals surface area contributed by atoms with E-state index in [1.54, 1.807) is 31.3 Å². The number of nitrogens with zero attached hydrogens (tertiary/aromatic N) is 3. The Morgan fingerprint density at radius 3 is 2.79 bits per heavy atom. The van der Waals surface area contributed by atoms with E-state index in [4.69, 9.17) is 16.3 Å². The lowest BCUT2D eigenvalue weighted by atomic mass is 9.89. The van der Waals surface area contributed by atoms with Crippen molar-refractivity contribution in [2.24, 2.45) is 0 Å². The van der Waals surface area contributed by atoms with Crippen molar-refractivity contribution in [3.05, 3.63) is 105 Å². The van der Waals surface area contributed by atoms with Crippen LogP contribution >= 0.6 is 11.6 Å². The van der Waals surface area contributed by atoms with Crippen LogP contribution in [0.3, 0.4) is 0 Å². The van der Waals surface area contributed by atoms with E-state index >= 15 is 0 Å². The van der Waals surface area contributed by atoms with Crippen LogP contribution in [-0.4, -0.2) is 14.5 Å². The third kappa shape index (κ3) is 3.63. The van der Waals surface area contributed by atoms with Crippen molar-refractivity contribution in [1.82, 2.24) is 9.38 Å². The van der Waals surface area contributed by atoms with Crippen LogP contribution < -0.4 is 4.74 Å². The van der Waals surface area contributed by atoms with Gasteiger partial charge in [-0.3, -0.25) is 0 Å². The van der Waals surface area contributed by atoms with Crippen LogP contribution in [0.2, 0.25) is 5.02 Å². The predicted octanol–water partition coefficient (Wildman–Crippen LogP) is 6.01. The molecular weight excluding hydrogens is 453 g/mol. The molecule has 2 aromatic carbocycles. The van der Waals surface area contributed by atoms with E-state index in [9.17, 15) is 14.8 Å². The first-order chi connectivity index (χ1) is 16.4. The van der Waals surface area contributed by atoms with Gasteiger partial charge in [-0.15, -0.1) is 0 Å². The zero-order valence-electron chi connectivity index (χ0n) is 18.6. The number of ether oxygens (including phenoxy) is 1. The summed E-state index contributed by atoms with van der Waals surface area (Å²) in [7, 11) is 0. The van der Waals surface area contributed by atoms with Gasteiger partial charge in [0.25, 0.3) is 0 Å². The number of allylic oxidation sites excluding steroid dienone is 1. The number of aromatic nitrogens is 2. The molecule has 170 valence electrons. The standard InChI is InChI=1S/C27H21ClFN3O2/c1-3-22-26(32-9-8-18(28)11-24(32)31-22)27(33)16-4-6-20-17(10-16)14-34-23-12-19(29)5-7-21(23)25(20)15(2)13-30/h4-12,27,33H,3,14H2,1-2H3/b25-15+. The van der Waals surface area contributed by atoms with Gasteiger partial charge >= 0.3 is 0 Å². The van der Waals surface area contributed by atoms with Crippen LogP contribution in [0.4, 0.5) is 4.39 Å². The van der Waals surface area contributed by atoms with Crippen molar-refractivity contribution in [3.63, 3.8) is 0 Å². The topological polar surface area (TPSA) is 70.6 Å². The minimum atomic E-state index is -0.941. The highest BCUT2D eigenvalue weighted by molar-refractivity contribution is 6.30. The number of pyridine rings is 1. The minimum absolute atomic E-state index is 0.179. The van der Waals surface area contributed by atoms with Crippen LogP contribution in [0.15, 0.2) is 60.3 Å². The van der Waals surface area contributed by atoms with Crippen LogP contribution in [0, 0.1) is 17.1 Å². The molecule has 2 aromatic heterocycles. The molecule has 34 heavy (non-hydrogen) atoms. The molecule has 1 atom stereocenters. The second-order valence-corrected chi connectivity index (χ2v) is 8.67. The maximum absolute atomic E-state index is 13.9. The summed E-state index contributed by atoms with van der Waals surface area (Å²) in [5.41, 5.74) is 6.28. The molecular formula is C27H21ClFN3O2. The summed E-state index contributed by atoms with van der Waals surface area (Å²) in [6, 6.07) is 15.7. The second-order valence-electron chi connectivity index (χ2n) is 8.23. The molecule has 0 amide bonds. The Morgan fingerprint density at radius 1 is 1.24 bits per heavy atom. The first-order valence-corrected chi connectivity index (χ1v) is 11.3. The van der Waals surface area contributed by atoms with Gasteiger partial charge in [0, 0.05) is 40.1 Å². The van der Waals surface area contributed by atoms with Crippen molar-refractivity contribution in [3.8, 4) is 11.8 Å². The summed E-state index contributed by atoms with van der Waals surface area (Å²) < 4.78 is 21.7. The van der Waals surface area contributed by atoms with Gasteiger partial charge in [0.2, 0.25) is 0 Å². The van der Waals surface area contributed by atoms with Gasteiger partial charge in [-0.2, -0.15) is 5.26 Å². The summed E-state index contributed by atoms with van der Waals surface area (Å²) >= 11 is 6.13.